The number of benzene rings is 2. The number of amides is 1. The van der Waals surface area contributed by atoms with Gasteiger partial charge in [0.25, 0.3) is 0 Å². The van der Waals surface area contributed by atoms with Gasteiger partial charge in [-0.1, -0.05) is 29.4 Å². The van der Waals surface area contributed by atoms with Crippen molar-refractivity contribution >= 4 is 40.1 Å². The zero-order valence-electron chi connectivity index (χ0n) is 14.1. The zero-order chi connectivity index (χ0) is 18.7. The normalized spacial score (nSPS) is 18.5. The highest BCUT2D eigenvalue weighted by Gasteiger charge is 2.27. The maximum atomic E-state index is 14.0. The zero-order valence-corrected chi connectivity index (χ0v) is 15.7. The van der Waals surface area contributed by atoms with Crippen molar-refractivity contribution in [3.05, 3.63) is 52.8 Å². The van der Waals surface area contributed by atoms with Gasteiger partial charge in [0, 0.05) is 16.7 Å². The lowest BCUT2D eigenvalue weighted by Crippen LogP contribution is -2.34. The minimum atomic E-state index is -0.548. The van der Waals surface area contributed by atoms with E-state index < -0.39 is 5.82 Å². The van der Waals surface area contributed by atoms with Gasteiger partial charge in [0.1, 0.15) is 11.5 Å². The molecule has 26 heavy (non-hydrogen) atoms. The molecule has 1 aliphatic rings. The molecule has 0 unspecified atom stereocenters. The van der Waals surface area contributed by atoms with Crippen molar-refractivity contribution < 1.29 is 18.7 Å². The fraction of sp³-hybridized carbons (Fsp3) is 0.222. The third kappa shape index (κ3) is 4.11. The number of carbonyl (C=O) groups is 1. The minimum absolute atomic E-state index is 0.116. The maximum Gasteiger partial charge on any atom is 0.227 e. The number of hydrogen-bond acceptors (Lipinski definition) is 5. The lowest BCUT2D eigenvalue weighted by atomic mass is 10.1. The van der Waals surface area contributed by atoms with Gasteiger partial charge in [-0.05, 0) is 35.9 Å². The van der Waals surface area contributed by atoms with Crippen molar-refractivity contribution in [1.29, 1.82) is 0 Å². The molecule has 1 fully saturated rings. The average Bonchev–Trinajstić information content (AvgIpc) is 2.63. The van der Waals surface area contributed by atoms with Crippen LogP contribution in [-0.4, -0.2) is 25.3 Å². The Bertz CT molecular complexity index is 876. The van der Waals surface area contributed by atoms with Crippen molar-refractivity contribution in [1.82, 2.24) is 5.32 Å². The molecule has 0 aliphatic carbocycles. The van der Waals surface area contributed by atoms with E-state index in [9.17, 15) is 9.18 Å². The second-order valence-electron chi connectivity index (χ2n) is 5.49. The minimum Gasteiger partial charge on any atom is -0.493 e. The standard InChI is InChI=1S/C18H16ClFN2O3S/c1-24-14-6-3-10(7-15(14)25-2)16-9-17(23)22-18(26-16)21-13-5-4-11(19)8-12(13)20/h3-8,16H,9H2,1-2H3,(H,21,22,23)/t16-/m0/s1. The number of nitrogens with one attached hydrogen (secondary N) is 1. The lowest BCUT2D eigenvalue weighted by Gasteiger charge is -2.24. The van der Waals surface area contributed by atoms with Gasteiger partial charge in [0.15, 0.2) is 16.7 Å². The number of amidine groups is 1. The summed E-state index contributed by atoms with van der Waals surface area (Å²) in [5.41, 5.74) is 1.01. The molecule has 1 atom stereocenters. The van der Waals surface area contributed by atoms with E-state index in [1.165, 1.54) is 23.9 Å². The number of ether oxygens (including phenoxy) is 2. The number of hydrogen-bond donors (Lipinski definition) is 1. The smallest absolute Gasteiger partial charge is 0.227 e. The van der Waals surface area contributed by atoms with Crippen LogP contribution in [0.5, 0.6) is 11.5 Å². The van der Waals surface area contributed by atoms with Gasteiger partial charge in [-0.25, -0.2) is 9.38 Å². The van der Waals surface area contributed by atoms with Crippen LogP contribution in [0.25, 0.3) is 0 Å². The second kappa shape index (κ2) is 7.97. The number of methoxy groups -OCH3 is 2. The van der Waals surface area contributed by atoms with Crippen molar-refractivity contribution in [2.75, 3.05) is 14.2 Å². The first kappa shape index (κ1) is 18.5. The molecule has 0 bridgehead atoms. The number of halogens is 2. The van der Waals surface area contributed by atoms with Crippen LogP contribution in [0, 0.1) is 5.82 Å². The molecule has 2 aromatic carbocycles. The summed E-state index contributed by atoms with van der Waals surface area (Å²) in [5.74, 6) is 0.460. The summed E-state index contributed by atoms with van der Waals surface area (Å²) >= 11 is 7.10. The Labute approximate surface area is 159 Å². The molecular formula is C18H16ClFN2O3S. The second-order valence-corrected chi connectivity index (χ2v) is 7.11. The SMILES string of the molecule is COc1ccc([C@@H]2CC(=O)NC(=Nc3ccc(Cl)cc3F)S2)cc1OC. The van der Waals surface area contributed by atoms with E-state index >= 15 is 0 Å². The third-order valence-electron chi connectivity index (χ3n) is 3.78. The van der Waals surface area contributed by atoms with Crippen LogP contribution in [-0.2, 0) is 4.79 Å². The highest BCUT2D eigenvalue weighted by Crippen LogP contribution is 2.40. The van der Waals surface area contributed by atoms with Crippen LogP contribution in [0.4, 0.5) is 10.1 Å². The largest absolute Gasteiger partial charge is 0.493 e. The summed E-state index contributed by atoms with van der Waals surface area (Å²) < 4.78 is 24.5. The number of aliphatic imine (C=N–C) groups is 1. The van der Waals surface area contributed by atoms with Gasteiger partial charge in [-0.2, -0.15) is 0 Å². The van der Waals surface area contributed by atoms with E-state index in [1.807, 2.05) is 12.1 Å². The fourth-order valence-corrected chi connectivity index (χ4v) is 3.79. The van der Waals surface area contributed by atoms with Gasteiger partial charge in [0.2, 0.25) is 5.91 Å². The molecule has 0 saturated carbocycles. The van der Waals surface area contributed by atoms with Crippen LogP contribution in [0.2, 0.25) is 5.02 Å². The Balaban J connectivity index is 1.88. The van der Waals surface area contributed by atoms with E-state index in [0.717, 1.165) is 5.56 Å². The molecule has 1 heterocycles. The maximum absolute atomic E-state index is 14.0. The first-order valence-electron chi connectivity index (χ1n) is 7.72. The Morgan fingerprint density at radius 3 is 2.65 bits per heavy atom. The third-order valence-corrected chi connectivity index (χ3v) is 5.16. The molecule has 2 aromatic rings. The summed E-state index contributed by atoms with van der Waals surface area (Å²) in [5, 5.41) is 3.13. The topological polar surface area (TPSA) is 59.9 Å². The molecule has 1 saturated heterocycles. The molecule has 0 radical (unpaired) electrons. The number of rotatable bonds is 4. The van der Waals surface area contributed by atoms with Gasteiger partial charge >= 0.3 is 0 Å². The van der Waals surface area contributed by atoms with E-state index in [2.05, 4.69) is 10.3 Å². The molecule has 0 aromatic heterocycles. The molecule has 3 rings (SSSR count). The summed E-state index contributed by atoms with van der Waals surface area (Å²) in [6.45, 7) is 0. The van der Waals surface area contributed by atoms with Crippen molar-refractivity contribution in [2.24, 2.45) is 4.99 Å². The van der Waals surface area contributed by atoms with Crippen LogP contribution in [0.1, 0.15) is 17.2 Å². The first-order chi connectivity index (χ1) is 12.5. The number of thioether (sulfide) groups is 1. The Kier molecular flexibility index (Phi) is 5.68. The molecule has 1 N–H and O–H groups in total. The summed E-state index contributed by atoms with van der Waals surface area (Å²) in [6.07, 6.45) is 0.280. The van der Waals surface area contributed by atoms with Crippen LogP contribution >= 0.6 is 23.4 Å². The number of nitrogens with zero attached hydrogens (tertiary/aromatic N) is 1. The quantitative estimate of drug-likeness (QED) is 0.830. The predicted molar refractivity (Wildman–Crippen MR) is 101 cm³/mol. The molecule has 5 nitrogen and oxygen atoms in total. The summed E-state index contributed by atoms with van der Waals surface area (Å²) in [4.78, 5) is 16.3. The van der Waals surface area contributed by atoms with Crippen LogP contribution in [0.15, 0.2) is 41.4 Å². The monoisotopic (exact) mass is 394 g/mol. The predicted octanol–water partition coefficient (Wildman–Crippen LogP) is 4.48. The van der Waals surface area contributed by atoms with E-state index in [4.69, 9.17) is 21.1 Å². The van der Waals surface area contributed by atoms with Gasteiger partial charge in [-0.3, -0.25) is 4.79 Å². The van der Waals surface area contributed by atoms with Crippen LogP contribution < -0.4 is 14.8 Å². The Morgan fingerprint density at radius 1 is 1.19 bits per heavy atom. The van der Waals surface area contributed by atoms with Crippen molar-refractivity contribution in [2.45, 2.75) is 11.7 Å². The van der Waals surface area contributed by atoms with Crippen molar-refractivity contribution in [3.63, 3.8) is 0 Å². The van der Waals surface area contributed by atoms with E-state index in [1.54, 1.807) is 26.4 Å². The van der Waals surface area contributed by atoms with Crippen LogP contribution in [0.3, 0.4) is 0 Å². The molecular weight excluding hydrogens is 379 g/mol. The highest BCUT2D eigenvalue weighted by atomic mass is 35.5. The first-order valence-corrected chi connectivity index (χ1v) is 8.98. The van der Waals surface area contributed by atoms with Gasteiger partial charge in [-0.15, -0.1) is 0 Å². The molecule has 0 spiro atoms. The summed E-state index contributed by atoms with van der Waals surface area (Å²) in [6, 6.07) is 9.69. The Morgan fingerprint density at radius 2 is 1.96 bits per heavy atom. The molecule has 1 aliphatic heterocycles. The van der Waals surface area contributed by atoms with Crippen molar-refractivity contribution in [3.8, 4) is 11.5 Å². The molecule has 1 amide bonds. The summed E-state index contributed by atoms with van der Waals surface area (Å²) in [7, 11) is 3.12. The molecule has 136 valence electrons. The Hall–Kier alpha value is -2.25. The molecule has 8 heteroatoms. The fourth-order valence-electron chi connectivity index (χ4n) is 2.52. The van der Waals surface area contributed by atoms with Gasteiger partial charge < -0.3 is 14.8 Å². The number of carbonyl (C=O) groups excluding carboxylic acids is 1. The van der Waals surface area contributed by atoms with E-state index in [-0.39, 0.29) is 28.3 Å². The average molecular weight is 395 g/mol. The van der Waals surface area contributed by atoms with E-state index in [0.29, 0.717) is 16.7 Å². The highest BCUT2D eigenvalue weighted by molar-refractivity contribution is 8.14. The van der Waals surface area contributed by atoms with Gasteiger partial charge in [0.05, 0.1) is 14.2 Å². The lowest BCUT2D eigenvalue weighted by molar-refractivity contribution is -0.119.